The van der Waals surface area contributed by atoms with Crippen molar-refractivity contribution in [2.24, 2.45) is 0 Å². The SMILES string of the molecule is CCCCCCCCC(O)CCC(CCC)S(=O)(=O)O. The van der Waals surface area contributed by atoms with E-state index in [1.54, 1.807) is 0 Å². The maximum atomic E-state index is 11.2. The van der Waals surface area contributed by atoms with Gasteiger partial charge >= 0.3 is 0 Å². The molecule has 0 heterocycles. The van der Waals surface area contributed by atoms with Crippen LogP contribution >= 0.6 is 0 Å². The topological polar surface area (TPSA) is 74.6 Å². The van der Waals surface area contributed by atoms with Crippen molar-refractivity contribution in [2.45, 2.75) is 95.8 Å². The number of aliphatic hydroxyl groups excluding tert-OH is 1. The highest BCUT2D eigenvalue weighted by Gasteiger charge is 2.22. The molecule has 0 radical (unpaired) electrons. The Bertz CT molecular complexity index is 314. The van der Waals surface area contributed by atoms with E-state index >= 15 is 0 Å². The molecule has 0 aromatic rings. The summed E-state index contributed by atoms with van der Waals surface area (Å²) in [7, 11) is -3.97. The number of aliphatic hydroxyl groups is 1. The fourth-order valence-corrected chi connectivity index (χ4v) is 3.41. The van der Waals surface area contributed by atoms with Crippen LogP contribution in [0.3, 0.4) is 0 Å². The third-order valence-electron chi connectivity index (χ3n) is 3.74. The lowest BCUT2D eigenvalue weighted by molar-refractivity contribution is 0.147. The van der Waals surface area contributed by atoms with Crippen molar-refractivity contribution in [3.63, 3.8) is 0 Å². The molecule has 0 aromatic carbocycles. The van der Waals surface area contributed by atoms with Crippen LogP contribution < -0.4 is 0 Å². The summed E-state index contributed by atoms with van der Waals surface area (Å²) in [5, 5.41) is 9.14. The standard InChI is InChI=1S/C15H32O4S/c1-3-5-6-7-8-9-11-14(16)12-13-15(10-4-2)20(17,18)19/h14-16H,3-13H2,1-2H3,(H,17,18,19). The summed E-state index contributed by atoms with van der Waals surface area (Å²) in [4.78, 5) is 0. The van der Waals surface area contributed by atoms with Crippen LogP contribution in [0, 0.1) is 0 Å². The second kappa shape index (κ2) is 11.5. The lowest BCUT2D eigenvalue weighted by Crippen LogP contribution is -2.22. The summed E-state index contributed by atoms with van der Waals surface area (Å²) in [6, 6.07) is 0. The molecular weight excluding hydrogens is 276 g/mol. The van der Waals surface area contributed by atoms with E-state index in [2.05, 4.69) is 6.92 Å². The van der Waals surface area contributed by atoms with Gasteiger partial charge < -0.3 is 5.11 Å². The predicted octanol–water partition coefficient (Wildman–Crippen LogP) is 3.93. The van der Waals surface area contributed by atoms with E-state index in [-0.39, 0.29) is 0 Å². The van der Waals surface area contributed by atoms with E-state index < -0.39 is 21.5 Å². The summed E-state index contributed by atoms with van der Waals surface area (Å²) in [5.41, 5.74) is 0. The van der Waals surface area contributed by atoms with Crippen molar-refractivity contribution in [3.05, 3.63) is 0 Å². The van der Waals surface area contributed by atoms with Gasteiger partial charge in [0, 0.05) is 0 Å². The highest BCUT2D eigenvalue weighted by atomic mass is 32.2. The molecule has 0 spiro atoms. The largest absolute Gasteiger partial charge is 0.393 e. The Morgan fingerprint density at radius 3 is 1.95 bits per heavy atom. The van der Waals surface area contributed by atoms with Gasteiger partial charge in [0.25, 0.3) is 10.1 Å². The summed E-state index contributed by atoms with van der Waals surface area (Å²) in [5.74, 6) is 0. The Morgan fingerprint density at radius 1 is 0.800 bits per heavy atom. The summed E-state index contributed by atoms with van der Waals surface area (Å²) in [6.07, 6.45) is 9.38. The fourth-order valence-electron chi connectivity index (χ4n) is 2.45. The first-order chi connectivity index (χ1) is 9.41. The molecule has 0 rings (SSSR count). The molecule has 0 saturated heterocycles. The van der Waals surface area contributed by atoms with Crippen molar-refractivity contribution < 1.29 is 18.1 Å². The van der Waals surface area contributed by atoms with Crippen LogP contribution in [0.2, 0.25) is 0 Å². The maximum Gasteiger partial charge on any atom is 0.267 e. The van der Waals surface area contributed by atoms with Gasteiger partial charge in [-0.3, -0.25) is 4.55 Å². The number of rotatable bonds is 13. The van der Waals surface area contributed by atoms with Crippen LogP contribution in [-0.2, 0) is 10.1 Å². The van der Waals surface area contributed by atoms with Crippen LogP contribution in [0.5, 0.6) is 0 Å². The Balaban J connectivity index is 3.77. The van der Waals surface area contributed by atoms with E-state index in [0.717, 1.165) is 25.7 Å². The minimum atomic E-state index is -3.97. The highest BCUT2D eigenvalue weighted by Crippen LogP contribution is 2.17. The zero-order chi connectivity index (χ0) is 15.4. The second-order valence-corrected chi connectivity index (χ2v) is 7.41. The molecule has 0 aliphatic rings. The lowest BCUT2D eigenvalue weighted by atomic mass is 10.0. The first-order valence-electron chi connectivity index (χ1n) is 8.06. The normalized spacial score (nSPS) is 15.2. The third-order valence-corrected chi connectivity index (χ3v) is 5.06. The molecule has 122 valence electrons. The van der Waals surface area contributed by atoms with Gasteiger partial charge in [0.05, 0.1) is 11.4 Å². The summed E-state index contributed by atoms with van der Waals surface area (Å²) >= 11 is 0. The first-order valence-corrected chi connectivity index (χ1v) is 9.56. The van der Waals surface area contributed by atoms with Crippen LogP contribution in [0.1, 0.15) is 84.5 Å². The molecule has 0 fully saturated rings. The lowest BCUT2D eigenvalue weighted by Gasteiger charge is -2.15. The minimum Gasteiger partial charge on any atom is -0.393 e. The molecule has 4 nitrogen and oxygen atoms in total. The van der Waals surface area contributed by atoms with E-state index in [1.165, 1.54) is 25.7 Å². The fraction of sp³-hybridized carbons (Fsp3) is 1.00. The average molecular weight is 308 g/mol. The smallest absolute Gasteiger partial charge is 0.267 e. The molecular formula is C15H32O4S. The monoisotopic (exact) mass is 308 g/mol. The molecule has 0 aliphatic heterocycles. The zero-order valence-electron chi connectivity index (χ0n) is 13.1. The van der Waals surface area contributed by atoms with Gasteiger partial charge in [0.2, 0.25) is 0 Å². The molecule has 0 aromatic heterocycles. The Hall–Kier alpha value is -0.130. The maximum absolute atomic E-state index is 11.2. The molecule has 5 heteroatoms. The van der Waals surface area contributed by atoms with Gasteiger partial charge in [0.1, 0.15) is 0 Å². The van der Waals surface area contributed by atoms with Crippen LogP contribution in [-0.4, -0.2) is 29.4 Å². The first kappa shape index (κ1) is 19.9. The molecule has 0 saturated carbocycles. The number of hydrogen-bond donors (Lipinski definition) is 2. The summed E-state index contributed by atoms with van der Waals surface area (Å²) < 4.78 is 31.4. The van der Waals surface area contributed by atoms with Crippen molar-refractivity contribution in [1.29, 1.82) is 0 Å². The molecule has 2 N–H and O–H groups in total. The molecule has 2 atom stereocenters. The summed E-state index contributed by atoms with van der Waals surface area (Å²) in [6.45, 7) is 4.08. The number of hydrogen-bond acceptors (Lipinski definition) is 3. The highest BCUT2D eigenvalue weighted by molar-refractivity contribution is 7.86. The zero-order valence-corrected chi connectivity index (χ0v) is 13.9. The van der Waals surface area contributed by atoms with Gasteiger partial charge in [-0.05, 0) is 25.7 Å². The van der Waals surface area contributed by atoms with E-state index in [1.807, 2.05) is 6.92 Å². The molecule has 0 aliphatic carbocycles. The average Bonchev–Trinajstić information content (AvgIpc) is 2.37. The Labute approximate surface area is 124 Å². The van der Waals surface area contributed by atoms with Crippen LogP contribution in [0.4, 0.5) is 0 Å². The second-order valence-electron chi connectivity index (χ2n) is 5.71. The van der Waals surface area contributed by atoms with Crippen molar-refractivity contribution in [1.82, 2.24) is 0 Å². The van der Waals surface area contributed by atoms with Gasteiger partial charge in [-0.15, -0.1) is 0 Å². The van der Waals surface area contributed by atoms with E-state index in [4.69, 9.17) is 4.55 Å². The Kier molecular flexibility index (Phi) is 11.4. The number of unbranched alkanes of at least 4 members (excludes halogenated alkanes) is 5. The van der Waals surface area contributed by atoms with Gasteiger partial charge in [-0.2, -0.15) is 8.42 Å². The van der Waals surface area contributed by atoms with Crippen molar-refractivity contribution in [2.75, 3.05) is 0 Å². The van der Waals surface area contributed by atoms with E-state index in [9.17, 15) is 13.5 Å². The van der Waals surface area contributed by atoms with Crippen LogP contribution in [0.15, 0.2) is 0 Å². The van der Waals surface area contributed by atoms with Crippen LogP contribution in [0.25, 0.3) is 0 Å². The predicted molar refractivity (Wildman–Crippen MR) is 83.5 cm³/mol. The van der Waals surface area contributed by atoms with Gasteiger partial charge in [-0.25, -0.2) is 0 Å². The molecule has 20 heavy (non-hydrogen) atoms. The molecule has 0 bridgehead atoms. The third kappa shape index (κ3) is 10.6. The molecule has 0 amide bonds. The Morgan fingerprint density at radius 2 is 1.40 bits per heavy atom. The van der Waals surface area contributed by atoms with E-state index in [0.29, 0.717) is 19.3 Å². The van der Waals surface area contributed by atoms with Crippen molar-refractivity contribution >= 4 is 10.1 Å². The van der Waals surface area contributed by atoms with Gasteiger partial charge in [0.15, 0.2) is 0 Å². The minimum absolute atomic E-state index is 0.351. The van der Waals surface area contributed by atoms with Gasteiger partial charge in [-0.1, -0.05) is 58.8 Å². The van der Waals surface area contributed by atoms with Crippen molar-refractivity contribution in [3.8, 4) is 0 Å². The molecule has 2 unspecified atom stereocenters. The quantitative estimate of drug-likeness (QED) is 0.399.